The first kappa shape index (κ1) is 14.5. The summed E-state index contributed by atoms with van der Waals surface area (Å²) in [5.74, 6) is 0. The summed E-state index contributed by atoms with van der Waals surface area (Å²) >= 11 is 0. The largest absolute Gasteiger partial charge is 0.311 e. The van der Waals surface area contributed by atoms with Gasteiger partial charge in [0.05, 0.1) is 5.25 Å². The van der Waals surface area contributed by atoms with Gasteiger partial charge in [-0.25, -0.2) is 0 Å². The molecule has 0 aliphatic carbocycles. The summed E-state index contributed by atoms with van der Waals surface area (Å²) in [6.07, 6.45) is 0.916. The second-order valence-corrected chi connectivity index (χ2v) is 7.64. The highest BCUT2D eigenvalue weighted by Gasteiger charge is 2.35. The molecular formula is C18H21NOS. The van der Waals surface area contributed by atoms with E-state index in [1.807, 2.05) is 24.3 Å². The van der Waals surface area contributed by atoms with E-state index in [0.29, 0.717) is 0 Å². The molecule has 1 saturated heterocycles. The lowest BCUT2D eigenvalue weighted by Gasteiger charge is -2.35. The Balaban J connectivity index is 1.88. The summed E-state index contributed by atoms with van der Waals surface area (Å²) in [4.78, 5) is 0. The zero-order valence-corrected chi connectivity index (χ0v) is 13.1. The van der Waals surface area contributed by atoms with Crippen molar-refractivity contribution < 1.29 is 4.21 Å². The molecule has 2 nitrogen and oxygen atoms in total. The van der Waals surface area contributed by atoms with Gasteiger partial charge in [-0.1, -0.05) is 60.7 Å². The number of nitrogens with one attached hydrogen (secondary N) is 1. The average molecular weight is 299 g/mol. The Morgan fingerprint density at radius 3 is 2.33 bits per heavy atom. The first-order chi connectivity index (χ1) is 10.3. The Bertz CT molecular complexity index is 599. The molecule has 1 aliphatic rings. The Morgan fingerprint density at radius 2 is 1.67 bits per heavy atom. The molecule has 2 aromatic carbocycles. The Labute approximate surface area is 129 Å². The predicted molar refractivity (Wildman–Crippen MR) is 88.7 cm³/mol. The van der Waals surface area contributed by atoms with Crippen molar-refractivity contribution in [2.24, 2.45) is 0 Å². The maximum Gasteiger partial charge on any atom is 0.0756 e. The molecule has 0 aromatic heterocycles. The van der Waals surface area contributed by atoms with E-state index >= 15 is 0 Å². The summed E-state index contributed by atoms with van der Waals surface area (Å²) in [6, 6.07) is 21.0. The van der Waals surface area contributed by atoms with Gasteiger partial charge >= 0.3 is 0 Å². The first-order valence-corrected chi connectivity index (χ1v) is 8.75. The average Bonchev–Trinajstić information content (AvgIpc) is 2.53. The molecule has 21 heavy (non-hydrogen) atoms. The van der Waals surface area contributed by atoms with Crippen LogP contribution in [0.1, 0.15) is 23.3 Å². The van der Waals surface area contributed by atoms with E-state index in [9.17, 15) is 4.21 Å². The number of rotatable bonds is 3. The highest BCUT2D eigenvalue weighted by Crippen LogP contribution is 2.31. The van der Waals surface area contributed by atoms with Crippen LogP contribution in [0.2, 0.25) is 0 Å². The van der Waals surface area contributed by atoms with Crippen LogP contribution in [0.4, 0.5) is 0 Å². The molecule has 110 valence electrons. The molecular weight excluding hydrogens is 278 g/mol. The van der Waals surface area contributed by atoms with Crippen LogP contribution in [-0.2, 0) is 17.2 Å². The Hall–Kier alpha value is -1.45. The highest BCUT2D eigenvalue weighted by molar-refractivity contribution is 7.86. The molecule has 0 radical (unpaired) electrons. The van der Waals surface area contributed by atoms with Crippen LogP contribution in [0, 0.1) is 0 Å². The van der Waals surface area contributed by atoms with Crippen molar-refractivity contribution in [1.82, 2.24) is 5.32 Å². The molecule has 4 unspecified atom stereocenters. The standard InChI is InChI=1S/C18H21NOS/c1-14-13-19-17(12-15-8-4-2-5-9-15)18(21(14)20)16-10-6-3-7-11-16/h2-11,14,17-19H,12-13H2,1H3. The highest BCUT2D eigenvalue weighted by atomic mass is 32.2. The molecule has 3 rings (SSSR count). The lowest BCUT2D eigenvalue weighted by Crippen LogP contribution is -2.49. The molecule has 4 atom stereocenters. The van der Waals surface area contributed by atoms with Crippen LogP contribution in [0.25, 0.3) is 0 Å². The number of hydrogen-bond acceptors (Lipinski definition) is 2. The summed E-state index contributed by atoms with van der Waals surface area (Å²) in [5.41, 5.74) is 2.47. The van der Waals surface area contributed by atoms with Gasteiger partial charge in [0.1, 0.15) is 0 Å². The second kappa shape index (κ2) is 6.54. The third-order valence-electron chi connectivity index (χ3n) is 4.11. The monoisotopic (exact) mass is 299 g/mol. The maximum atomic E-state index is 12.8. The quantitative estimate of drug-likeness (QED) is 0.943. The van der Waals surface area contributed by atoms with E-state index in [-0.39, 0.29) is 16.5 Å². The summed E-state index contributed by atoms with van der Waals surface area (Å²) < 4.78 is 12.8. The number of hydrogen-bond donors (Lipinski definition) is 1. The molecule has 0 amide bonds. The molecule has 0 saturated carbocycles. The summed E-state index contributed by atoms with van der Waals surface area (Å²) in [7, 11) is -0.840. The maximum absolute atomic E-state index is 12.8. The van der Waals surface area contributed by atoms with E-state index < -0.39 is 10.8 Å². The minimum Gasteiger partial charge on any atom is -0.311 e. The van der Waals surface area contributed by atoms with Gasteiger partial charge in [0.2, 0.25) is 0 Å². The van der Waals surface area contributed by atoms with Gasteiger partial charge in [-0.05, 0) is 24.5 Å². The van der Waals surface area contributed by atoms with E-state index in [1.54, 1.807) is 0 Å². The van der Waals surface area contributed by atoms with Gasteiger partial charge < -0.3 is 5.32 Å². The Morgan fingerprint density at radius 1 is 1.05 bits per heavy atom. The molecule has 3 heteroatoms. The normalized spacial score (nSPS) is 29.2. The molecule has 1 heterocycles. The van der Waals surface area contributed by atoms with Gasteiger partial charge in [0.25, 0.3) is 0 Å². The van der Waals surface area contributed by atoms with Crippen molar-refractivity contribution in [3.05, 3.63) is 71.8 Å². The van der Waals surface area contributed by atoms with Crippen molar-refractivity contribution in [2.75, 3.05) is 6.54 Å². The third kappa shape index (κ3) is 3.25. The second-order valence-electron chi connectivity index (χ2n) is 5.67. The van der Waals surface area contributed by atoms with Crippen LogP contribution in [0.3, 0.4) is 0 Å². The van der Waals surface area contributed by atoms with Crippen molar-refractivity contribution in [1.29, 1.82) is 0 Å². The van der Waals surface area contributed by atoms with Crippen LogP contribution < -0.4 is 5.32 Å². The van der Waals surface area contributed by atoms with Crippen molar-refractivity contribution in [3.63, 3.8) is 0 Å². The van der Waals surface area contributed by atoms with Crippen molar-refractivity contribution in [2.45, 2.75) is 29.9 Å². The van der Waals surface area contributed by atoms with E-state index in [1.165, 1.54) is 11.1 Å². The fourth-order valence-corrected chi connectivity index (χ4v) is 4.68. The van der Waals surface area contributed by atoms with Gasteiger partial charge in [-0.2, -0.15) is 0 Å². The zero-order valence-electron chi connectivity index (χ0n) is 12.2. The molecule has 0 bridgehead atoms. The molecule has 1 fully saturated rings. The van der Waals surface area contributed by atoms with Crippen molar-refractivity contribution >= 4 is 10.8 Å². The third-order valence-corrected chi connectivity index (χ3v) is 6.17. The SMILES string of the molecule is CC1CNC(Cc2ccccc2)C(c2ccccc2)S1=O. The topological polar surface area (TPSA) is 29.1 Å². The number of benzene rings is 2. The van der Waals surface area contributed by atoms with Crippen LogP contribution in [-0.4, -0.2) is 22.0 Å². The van der Waals surface area contributed by atoms with E-state index in [0.717, 1.165) is 13.0 Å². The Kier molecular flexibility index (Phi) is 4.51. The smallest absolute Gasteiger partial charge is 0.0756 e. The summed E-state index contributed by atoms with van der Waals surface area (Å²) in [5, 5.41) is 3.86. The van der Waals surface area contributed by atoms with Gasteiger partial charge in [0, 0.05) is 28.6 Å². The lowest BCUT2D eigenvalue weighted by molar-refractivity contribution is 0.464. The molecule has 2 aromatic rings. The van der Waals surface area contributed by atoms with Crippen LogP contribution in [0.15, 0.2) is 60.7 Å². The van der Waals surface area contributed by atoms with Gasteiger partial charge in [-0.15, -0.1) is 0 Å². The van der Waals surface area contributed by atoms with Gasteiger partial charge in [0.15, 0.2) is 0 Å². The van der Waals surface area contributed by atoms with Crippen LogP contribution in [0.5, 0.6) is 0 Å². The van der Waals surface area contributed by atoms with E-state index in [2.05, 4.69) is 48.6 Å². The lowest BCUT2D eigenvalue weighted by atomic mass is 9.98. The van der Waals surface area contributed by atoms with E-state index in [4.69, 9.17) is 0 Å². The summed E-state index contributed by atoms with van der Waals surface area (Å²) in [6.45, 7) is 2.89. The molecule has 1 N–H and O–H groups in total. The molecule has 0 spiro atoms. The van der Waals surface area contributed by atoms with Crippen LogP contribution >= 0.6 is 0 Å². The molecule has 1 aliphatic heterocycles. The minimum atomic E-state index is -0.840. The fraction of sp³-hybridized carbons (Fsp3) is 0.333. The first-order valence-electron chi connectivity index (χ1n) is 7.47. The fourth-order valence-electron chi connectivity index (χ4n) is 2.98. The van der Waals surface area contributed by atoms with Crippen molar-refractivity contribution in [3.8, 4) is 0 Å². The zero-order chi connectivity index (χ0) is 14.7. The predicted octanol–water partition coefficient (Wildman–Crippen LogP) is 3.08. The van der Waals surface area contributed by atoms with Gasteiger partial charge in [-0.3, -0.25) is 4.21 Å². The minimum absolute atomic E-state index is 0.0650.